The molecule has 0 heterocycles. The number of hydrogen-bond acceptors (Lipinski definition) is 1. The molecule has 0 atom stereocenters. The molecule has 98 valence electrons. The molecule has 0 bridgehead atoms. The van der Waals surface area contributed by atoms with E-state index in [9.17, 15) is 4.39 Å². The van der Waals surface area contributed by atoms with Gasteiger partial charge in [-0.05, 0) is 31.9 Å². The molecule has 0 aromatic heterocycles. The molecule has 0 unspecified atom stereocenters. The first kappa shape index (κ1) is 13.1. The van der Waals surface area contributed by atoms with Gasteiger partial charge in [0, 0.05) is 24.4 Å². The summed E-state index contributed by atoms with van der Waals surface area (Å²) < 4.78 is 13.9. The van der Waals surface area contributed by atoms with Gasteiger partial charge in [0.1, 0.15) is 5.82 Å². The van der Waals surface area contributed by atoms with Gasteiger partial charge in [-0.25, -0.2) is 4.39 Å². The SMILES string of the molecule is C=C(c1cc(C)ccc1F)N(C)C1CCCCC1. The fourth-order valence-electron chi connectivity index (χ4n) is 2.74. The van der Waals surface area contributed by atoms with Gasteiger partial charge in [-0.3, -0.25) is 0 Å². The summed E-state index contributed by atoms with van der Waals surface area (Å²) in [7, 11) is 2.04. The van der Waals surface area contributed by atoms with Crippen molar-refractivity contribution in [3.8, 4) is 0 Å². The number of halogens is 1. The normalized spacial score (nSPS) is 16.6. The van der Waals surface area contributed by atoms with Crippen molar-refractivity contribution >= 4 is 5.70 Å². The predicted octanol–water partition coefficient (Wildman–Crippen LogP) is 4.37. The first-order chi connectivity index (χ1) is 8.59. The summed E-state index contributed by atoms with van der Waals surface area (Å²) in [6, 6.07) is 5.74. The van der Waals surface area contributed by atoms with Crippen LogP contribution >= 0.6 is 0 Å². The molecular formula is C16H22FN. The Morgan fingerprint density at radius 1 is 1.28 bits per heavy atom. The van der Waals surface area contributed by atoms with Gasteiger partial charge in [-0.1, -0.05) is 37.5 Å². The molecule has 0 spiro atoms. The Morgan fingerprint density at radius 3 is 2.61 bits per heavy atom. The van der Waals surface area contributed by atoms with Crippen molar-refractivity contribution in [1.29, 1.82) is 0 Å². The summed E-state index contributed by atoms with van der Waals surface area (Å²) in [5, 5.41) is 0. The third-order valence-corrected chi connectivity index (χ3v) is 3.98. The van der Waals surface area contributed by atoms with E-state index in [1.54, 1.807) is 6.07 Å². The molecule has 1 saturated carbocycles. The Morgan fingerprint density at radius 2 is 1.94 bits per heavy atom. The highest BCUT2D eigenvalue weighted by Gasteiger charge is 2.20. The number of rotatable bonds is 3. The van der Waals surface area contributed by atoms with Gasteiger partial charge in [0.05, 0.1) is 0 Å². The van der Waals surface area contributed by atoms with Gasteiger partial charge in [-0.2, -0.15) is 0 Å². The van der Waals surface area contributed by atoms with E-state index in [-0.39, 0.29) is 5.82 Å². The quantitative estimate of drug-likeness (QED) is 0.766. The molecule has 0 amide bonds. The molecule has 18 heavy (non-hydrogen) atoms. The minimum absolute atomic E-state index is 0.173. The van der Waals surface area contributed by atoms with Crippen LogP contribution in [0.4, 0.5) is 4.39 Å². The fraction of sp³-hybridized carbons (Fsp3) is 0.500. The van der Waals surface area contributed by atoms with E-state index in [1.165, 1.54) is 38.2 Å². The van der Waals surface area contributed by atoms with E-state index in [2.05, 4.69) is 11.5 Å². The van der Waals surface area contributed by atoms with E-state index in [4.69, 9.17) is 0 Å². The van der Waals surface area contributed by atoms with Crippen LogP contribution in [0.25, 0.3) is 5.70 Å². The van der Waals surface area contributed by atoms with Crippen molar-refractivity contribution in [3.05, 3.63) is 41.7 Å². The summed E-state index contributed by atoms with van der Waals surface area (Å²) in [5.41, 5.74) is 2.52. The van der Waals surface area contributed by atoms with E-state index in [0.29, 0.717) is 11.6 Å². The van der Waals surface area contributed by atoms with Gasteiger partial charge in [-0.15, -0.1) is 0 Å². The van der Waals surface area contributed by atoms with Crippen molar-refractivity contribution in [1.82, 2.24) is 4.90 Å². The monoisotopic (exact) mass is 247 g/mol. The van der Waals surface area contributed by atoms with Crippen molar-refractivity contribution in [3.63, 3.8) is 0 Å². The Balaban J connectivity index is 2.16. The van der Waals surface area contributed by atoms with Crippen molar-refractivity contribution < 1.29 is 4.39 Å². The molecule has 1 fully saturated rings. The van der Waals surface area contributed by atoms with Crippen LogP contribution in [0.5, 0.6) is 0 Å². The topological polar surface area (TPSA) is 3.24 Å². The van der Waals surface area contributed by atoms with Gasteiger partial charge < -0.3 is 4.90 Å². The number of benzene rings is 1. The molecule has 2 heteroatoms. The molecule has 1 aliphatic rings. The summed E-state index contributed by atoms with van der Waals surface area (Å²) >= 11 is 0. The molecule has 0 saturated heterocycles. The zero-order chi connectivity index (χ0) is 13.1. The molecule has 1 aromatic rings. The van der Waals surface area contributed by atoms with Crippen LogP contribution in [0.15, 0.2) is 24.8 Å². The molecule has 0 aliphatic heterocycles. The molecule has 1 nitrogen and oxygen atoms in total. The fourth-order valence-corrected chi connectivity index (χ4v) is 2.74. The standard InChI is InChI=1S/C16H22FN/c1-12-9-10-16(17)15(11-12)13(2)18(3)14-7-5-4-6-8-14/h9-11,14H,2,4-8H2,1,3H3. The van der Waals surface area contributed by atoms with Crippen LogP contribution in [0, 0.1) is 12.7 Å². The Hall–Kier alpha value is -1.31. The molecule has 0 radical (unpaired) electrons. The summed E-state index contributed by atoms with van der Waals surface area (Å²) in [4.78, 5) is 2.16. The lowest BCUT2D eigenvalue weighted by Gasteiger charge is -2.34. The maximum Gasteiger partial charge on any atom is 0.132 e. The van der Waals surface area contributed by atoms with Crippen molar-refractivity contribution in [2.75, 3.05) is 7.05 Å². The molecular weight excluding hydrogens is 225 g/mol. The second kappa shape index (κ2) is 5.55. The summed E-state index contributed by atoms with van der Waals surface area (Å²) in [6.07, 6.45) is 6.28. The lowest BCUT2D eigenvalue weighted by atomic mass is 9.93. The van der Waals surface area contributed by atoms with Crippen LogP contribution < -0.4 is 0 Å². The van der Waals surface area contributed by atoms with Gasteiger partial charge in [0.25, 0.3) is 0 Å². The van der Waals surface area contributed by atoms with E-state index >= 15 is 0 Å². The van der Waals surface area contributed by atoms with Gasteiger partial charge in [0.2, 0.25) is 0 Å². The lowest BCUT2D eigenvalue weighted by molar-refractivity contribution is 0.266. The van der Waals surface area contributed by atoms with Crippen molar-refractivity contribution in [2.45, 2.75) is 45.1 Å². The average molecular weight is 247 g/mol. The molecule has 0 N–H and O–H groups in total. The van der Waals surface area contributed by atoms with E-state index < -0.39 is 0 Å². The average Bonchev–Trinajstić information content (AvgIpc) is 2.41. The maximum atomic E-state index is 13.9. The minimum atomic E-state index is -0.173. The Kier molecular flexibility index (Phi) is 4.05. The predicted molar refractivity (Wildman–Crippen MR) is 74.8 cm³/mol. The third-order valence-electron chi connectivity index (χ3n) is 3.98. The number of aryl methyl sites for hydroxylation is 1. The first-order valence-electron chi connectivity index (χ1n) is 6.78. The smallest absolute Gasteiger partial charge is 0.132 e. The van der Waals surface area contributed by atoms with Gasteiger partial charge >= 0.3 is 0 Å². The van der Waals surface area contributed by atoms with Crippen LogP contribution in [0.1, 0.15) is 43.2 Å². The van der Waals surface area contributed by atoms with Gasteiger partial charge in [0.15, 0.2) is 0 Å². The largest absolute Gasteiger partial charge is 0.372 e. The zero-order valence-electron chi connectivity index (χ0n) is 11.4. The minimum Gasteiger partial charge on any atom is -0.372 e. The van der Waals surface area contributed by atoms with E-state index in [1.807, 2.05) is 20.0 Å². The third kappa shape index (κ3) is 2.74. The second-order valence-corrected chi connectivity index (χ2v) is 5.33. The molecule has 2 rings (SSSR count). The molecule has 1 aromatic carbocycles. The van der Waals surface area contributed by atoms with Crippen LogP contribution in [0.3, 0.4) is 0 Å². The highest BCUT2D eigenvalue weighted by atomic mass is 19.1. The number of nitrogens with zero attached hydrogens (tertiary/aromatic N) is 1. The highest BCUT2D eigenvalue weighted by molar-refractivity contribution is 5.63. The van der Waals surface area contributed by atoms with Crippen LogP contribution in [0.2, 0.25) is 0 Å². The summed E-state index contributed by atoms with van der Waals surface area (Å²) in [5.74, 6) is -0.173. The Bertz CT molecular complexity index is 433. The highest BCUT2D eigenvalue weighted by Crippen LogP contribution is 2.28. The lowest BCUT2D eigenvalue weighted by Crippen LogP contribution is -2.32. The van der Waals surface area contributed by atoms with Crippen LogP contribution in [-0.2, 0) is 0 Å². The second-order valence-electron chi connectivity index (χ2n) is 5.33. The zero-order valence-corrected chi connectivity index (χ0v) is 11.4. The maximum absolute atomic E-state index is 13.9. The first-order valence-corrected chi connectivity index (χ1v) is 6.78. The van der Waals surface area contributed by atoms with E-state index in [0.717, 1.165) is 11.3 Å². The van der Waals surface area contributed by atoms with Crippen molar-refractivity contribution in [2.24, 2.45) is 0 Å². The summed E-state index contributed by atoms with van der Waals surface area (Å²) in [6.45, 7) is 6.07. The van der Waals surface area contributed by atoms with Crippen LogP contribution in [-0.4, -0.2) is 18.0 Å². The molecule has 1 aliphatic carbocycles. The Labute approximate surface area is 109 Å². The number of hydrogen-bond donors (Lipinski definition) is 0.